The minimum Gasteiger partial charge on any atom is -0.484 e. The molecule has 8 heteroatoms. The van der Waals surface area contributed by atoms with Gasteiger partial charge in [0.2, 0.25) is 0 Å². The van der Waals surface area contributed by atoms with Crippen molar-refractivity contribution in [2.45, 2.75) is 0 Å². The van der Waals surface area contributed by atoms with Crippen molar-refractivity contribution in [2.24, 2.45) is 4.99 Å². The first kappa shape index (κ1) is 13.3. The standard InChI is InChI=1S/C11H11N3O4S/c15-10(13-11-12-4-5-19-11)7-18-9-3-1-2-8(6-9)14(16)17/h1-3,6H,4-5,7H2,(H,12,13,15). The fourth-order valence-electron chi connectivity index (χ4n) is 1.40. The van der Waals surface area contributed by atoms with Gasteiger partial charge in [-0.1, -0.05) is 17.8 Å². The number of nitro groups is 1. The molecule has 1 aliphatic rings. The summed E-state index contributed by atoms with van der Waals surface area (Å²) in [4.78, 5) is 25.7. The second kappa shape index (κ2) is 6.19. The maximum atomic E-state index is 11.5. The molecule has 0 unspecified atom stereocenters. The Kier molecular flexibility index (Phi) is 4.35. The van der Waals surface area contributed by atoms with Crippen LogP contribution < -0.4 is 10.1 Å². The van der Waals surface area contributed by atoms with E-state index in [1.54, 1.807) is 6.07 Å². The van der Waals surface area contributed by atoms with Gasteiger partial charge >= 0.3 is 0 Å². The minimum atomic E-state index is -0.517. The Morgan fingerprint density at radius 1 is 1.58 bits per heavy atom. The van der Waals surface area contributed by atoms with E-state index in [2.05, 4.69) is 10.3 Å². The molecule has 0 saturated carbocycles. The molecule has 1 heterocycles. The third-order valence-corrected chi connectivity index (χ3v) is 3.12. The highest BCUT2D eigenvalue weighted by Crippen LogP contribution is 2.18. The summed E-state index contributed by atoms with van der Waals surface area (Å²) in [5.74, 6) is 0.812. The van der Waals surface area contributed by atoms with E-state index in [1.807, 2.05) is 0 Å². The summed E-state index contributed by atoms with van der Waals surface area (Å²) >= 11 is 1.47. The van der Waals surface area contributed by atoms with E-state index in [4.69, 9.17) is 4.74 Å². The maximum absolute atomic E-state index is 11.5. The molecular weight excluding hydrogens is 270 g/mol. The lowest BCUT2D eigenvalue weighted by atomic mass is 10.3. The monoisotopic (exact) mass is 281 g/mol. The number of nitrogens with one attached hydrogen (secondary N) is 1. The van der Waals surface area contributed by atoms with Crippen LogP contribution in [0, 0.1) is 10.1 Å². The van der Waals surface area contributed by atoms with Gasteiger partial charge in [-0.2, -0.15) is 0 Å². The molecule has 7 nitrogen and oxygen atoms in total. The van der Waals surface area contributed by atoms with Crippen LogP contribution in [0.25, 0.3) is 0 Å². The molecular formula is C11H11N3O4S. The van der Waals surface area contributed by atoms with E-state index >= 15 is 0 Å². The number of rotatable bonds is 4. The normalized spacial score (nSPS) is 13.8. The number of carbonyl (C=O) groups excluding carboxylic acids is 1. The van der Waals surface area contributed by atoms with Crippen LogP contribution in [0.5, 0.6) is 5.75 Å². The molecule has 0 atom stereocenters. The van der Waals surface area contributed by atoms with E-state index in [0.29, 0.717) is 11.7 Å². The molecule has 1 aliphatic heterocycles. The van der Waals surface area contributed by atoms with Gasteiger partial charge in [-0.15, -0.1) is 0 Å². The Balaban J connectivity index is 1.86. The topological polar surface area (TPSA) is 93.8 Å². The van der Waals surface area contributed by atoms with Crippen LogP contribution in [0.2, 0.25) is 0 Å². The van der Waals surface area contributed by atoms with Crippen LogP contribution in [0.4, 0.5) is 5.69 Å². The number of nitro benzene ring substituents is 1. The Morgan fingerprint density at radius 3 is 3.11 bits per heavy atom. The Morgan fingerprint density at radius 2 is 2.42 bits per heavy atom. The molecule has 0 aromatic heterocycles. The first-order valence-electron chi connectivity index (χ1n) is 5.49. The molecule has 1 N–H and O–H groups in total. The van der Waals surface area contributed by atoms with Crippen molar-refractivity contribution < 1.29 is 14.5 Å². The second-order valence-corrected chi connectivity index (χ2v) is 4.71. The average Bonchev–Trinajstić information content (AvgIpc) is 2.89. The number of non-ortho nitro benzene ring substituents is 1. The van der Waals surface area contributed by atoms with Crippen molar-refractivity contribution in [2.75, 3.05) is 18.9 Å². The molecule has 0 spiro atoms. The minimum absolute atomic E-state index is 0.0753. The van der Waals surface area contributed by atoms with Crippen molar-refractivity contribution in [1.82, 2.24) is 5.32 Å². The van der Waals surface area contributed by atoms with Crippen LogP contribution in [0.3, 0.4) is 0 Å². The maximum Gasteiger partial charge on any atom is 0.273 e. The molecule has 2 rings (SSSR count). The fraction of sp³-hybridized carbons (Fsp3) is 0.273. The first-order valence-corrected chi connectivity index (χ1v) is 6.48. The predicted molar refractivity (Wildman–Crippen MR) is 71.5 cm³/mol. The molecule has 0 aliphatic carbocycles. The number of nitrogens with zero attached hydrogens (tertiary/aromatic N) is 2. The summed E-state index contributed by atoms with van der Waals surface area (Å²) in [5, 5.41) is 13.8. The van der Waals surface area contributed by atoms with Crippen LogP contribution >= 0.6 is 11.8 Å². The number of amides is 1. The van der Waals surface area contributed by atoms with Crippen LogP contribution in [-0.2, 0) is 4.79 Å². The van der Waals surface area contributed by atoms with Crippen LogP contribution in [0.15, 0.2) is 29.3 Å². The van der Waals surface area contributed by atoms with Gasteiger partial charge in [-0.3, -0.25) is 19.9 Å². The number of carbonyl (C=O) groups is 1. The first-order chi connectivity index (χ1) is 9.15. The summed E-state index contributed by atoms with van der Waals surface area (Å²) in [6, 6.07) is 5.69. The summed E-state index contributed by atoms with van der Waals surface area (Å²) in [6.07, 6.45) is 0. The molecule has 19 heavy (non-hydrogen) atoms. The lowest BCUT2D eigenvalue weighted by Gasteiger charge is -2.06. The lowest BCUT2D eigenvalue weighted by molar-refractivity contribution is -0.384. The zero-order chi connectivity index (χ0) is 13.7. The van der Waals surface area contributed by atoms with Gasteiger partial charge in [-0.25, -0.2) is 0 Å². The smallest absolute Gasteiger partial charge is 0.273 e. The van der Waals surface area contributed by atoms with Crippen LogP contribution in [0.1, 0.15) is 0 Å². The molecule has 0 radical (unpaired) electrons. The molecule has 0 bridgehead atoms. The fourth-order valence-corrected chi connectivity index (χ4v) is 2.15. The SMILES string of the molecule is O=C(COc1cccc([N+](=O)[O-])c1)NC1=NCCS1. The van der Waals surface area contributed by atoms with Gasteiger partial charge in [-0.05, 0) is 6.07 Å². The molecule has 1 aromatic rings. The number of hydrogen-bond acceptors (Lipinski definition) is 6. The van der Waals surface area contributed by atoms with Gasteiger partial charge in [0.15, 0.2) is 11.8 Å². The molecule has 0 saturated heterocycles. The molecule has 0 fully saturated rings. The summed E-state index contributed by atoms with van der Waals surface area (Å²) < 4.78 is 5.19. The number of amidine groups is 1. The third kappa shape index (κ3) is 3.95. The van der Waals surface area contributed by atoms with Crippen molar-refractivity contribution in [3.63, 3.8) is 0 Å². The lowest BCUT2D eigenvalue weighted by Crippen LogP contribution is -2.32. The highest BCUT2D eigenvalue weighted by atomic mass is 32.2. The Labute approximate surface area is 113 Å². The van der Waals surface area contributed by atoms with E-state index in [1.165, 1.54) is 30.0 Å². The zero-order valence-corrected chi connectivity index (χ0v) is 10.7. The van der Waals surface area contributed by atoms with Crippen molar-refractivity contribution in [3.05, 3.63) is 34.4 Å². The summed E-state index contributed by atoms with van der Waals surface area (Å²) in [7, 11) is 0. The van der Waals surface area contributed by atoms with Gasteiger partial charge in [0, 0.05) is 11.8 Å². The quantitative estimate of drug-likeness (QED) is 0.661. The van der Waals surface area contributed by atoms with Gasteiger partial charge in [0.05, 0.1) is 17.5 Å². The van der Waals surface area contributed by atoms with Crippen LogP contribution in [-0.4, -0.2) is 34.9 Å². The summed E-state index contributed by atoms with van der Waals surface area (Å²) in [6.45, 7) is 0.493. The Hall–Kier alpha value is -2.09. The van der Waals surface area contributed by atoms with Crippen molar-refractivity contribution in [3.8, 4) is 5.75 Å². The largest absolute Gasteiger partial charge is 0.484 e. The molecule has 1 amide bonds. The number of thioether (sulfide) groups is 1. The highest BCUT2D eigenvalue weighted by molar-refractivity contribution is 8.14. The van der Waals surface area contributed by atoms with E-state index in [0.717, 1.165) is 5.75 Å². The zero-order valence-electron chi connectivity index (χ0n) is 9.87. The molecule has 100 valence electrons. The van der Waals surface area contributed by atoms with E-state index in [9.17, 15) is 14.9 Å². The number of aliphatic imine (C=N–C) groups is 1. The number of hydrogen-bond donors (Lipinski definition) is 1. The van der Waals surface area contributed by atoms with Gasteiger partial charge in [0.25, 0.3) is 11.6 Å². The van der Waals surface area contributed by atoms with Gasteiger partial charge in [0.1, 0.15) is 5.75 Å². The third-order valence-electron chi connectivity index (χ3n) is 2.23. The van der Waals surface area contributed by atoms with E-state index in [-0.39, 0.29) is 24.0 Å². The number of benzene rings is 1. The summed E-state index contributed by atoms with van der Waals surface area (Å²) in [5.41, 5.74) is -0.0753. The highest BCUT2D eigenvalue weighted by Gasteiger charge is 2.12. The second-order valence-electron chi connectivity index (χ2n) is 3.63. The predicted octanol–water partition coefficient (Wildman–Crippen LogP) is 1.19. The van der Waals surface area contributed by atoms with Gasteiger partial charge < -0.3 is 10.1 Å². The Bertz CT molecular complexity index is 532. The average molecular weight is 281 g/mol. The van der Waals surface area contributed by atoms with E-state index < -0.39 is 4.92 Å². The molecule has 1 aromatic carbocycles. The van der Waals surface area contributed by atoms with Crippen molar-refractivity contribution in [1.29, 1.82) is 0 Å². The number of ether oxygens (including phenoxy) is 1. The van der Waals surface area contributed by atoms with Crippen molar-refractivity contribution >= 4 is 28.5 Å².